The number of aliphatic hydroxyl groups is 1. The number of rotatable bonds is 6. The topological polar surface area (TPSA) is 80.0 Å². The van der Waals surface area contributed by atoms with E-state index in [1.165, 1.54) is 11.2 Å². The maximum absolute atomic E-state index is 13.0. The first-order valence-corrected chi connectivity index (χ1v) is 10.1. The number of amides is 1. The van der Waals surface area contributed by atoms with Crippen molar-refractivity contribution in [2.45, 2.75) is 26.4 Å². The van der Waals surface area contributed by atoms with Gasteiger partial charge in [0.1, 0.15) is 17.3 Å². The van der Waals surface area contributed by atoms with Gasteiger partial charge in [-0.3, -0.25) is 9.59 Å². The lowest BCUT2D eigenvalue weighted by atomic mass is 9.94. The molecule has 1 aromatic heterocycles. The van der Waals surface area contributed by atoms with Crippen molar-refractivity contribution in [2.24, 2.45) is 0 Å². The molecule has 2 aromatic carbocycles. The van der Waals surface area contributed by atoms with Gasteiger partial charge in [-0.05, 0) is 55.8 Å². The smallest absolute Gasteiger partial charge is 0.296 e. The normalized spacial score (nSPS) is 17.9. The third-order valence-electron chi connectivity index (χ3n) is 5.28. The number of ketones is 1. The Morgan fingerprint density at radius 2 is 1.77 bits per heavy atom. The number of aryl methyl sites for hydroxylation is 1. The van der Waals surface area contributed by atoms with Crippen molar-refractivity contribution in [3.05, 3.63) is 95.0 Å². The Morgan fingerprint density at radius 1 is 1.06 bits per heavy atom. The highest BCUT2D eigenvalue weighted by Crippen LogP contribution is 2.40. The van der Waals surface area contributed by atoms with Gasteiger partial charge < -0.3 is 19.2 Å². The van der Waals surface area contributed by atoms with E-state index in [-0.39, 0.29) is 17.9 Å². The molecule has 1 aliphatic heterocycles. The number of aliphatic hydroxyl groups excluding tert-OH is 1. The molecular weight excluding hydrogens is 394 g/mol. The molecule has 0 bridgehead atoms. The Bertz CT molecular complexity index is 1110. The molecule has 6 nitrogen and oxygen atoms in total. The maximum atomic E-state index is 13.0. The predicted octanol–water partition coefficient (Wildman–Crippen LogP) is 4.61. The zero-order chi connectivity index (χ0) is 22.0. The molecule has 1 N–H and O–H groups in total. The second-order valence-corrected chi connectivity index (χ2v) is 7.37. The van der Waals surface area contributed by atoms with E-state index in [0.717, 1.165) is 11.1 Å². The number of hydrogen-bond donors (Lipinski definition) is 1. The lowest BCUT2D eigenvalue weighted by molar-refractivity contribution is -0.140. The van der Waals surface area contributed by atoms with Gasteiger partial charge in [-0.25, -0.2) is 0 Å². The minimum Gasteiger partial charge on any atom is -0.507 e. The Kier molecular flexibility index (Phi) is 5.62. The number of hydrogen-bond acceptors (Lipinski definition) is 5. The van der Waals surface area contributed by atoms with Crippen LogP contribution in [0.2, 0.25) is 0 Å². The molecule has 1 saturated heterocycles. The van der Waals surface area contributed by atoms with Crippen LogP contribution >= 0.6 is 0 Å². The van der Waals surface area contributed by atoms with Crippen LogP contribution in [0.15, 0.2) is 76.9 Å². The van der Waals surface area contributed by atoms with Crippen LogP contribution in [0, 0.1) is 6.92 Å². The molecule has 0 radical (unpaired) electrons. The number of likely N-dealkylation sites (tertiary alicyclic amines) is 1. The average Bonchev–Trinajstić information content (AvgIpc) is 3.37. The summed E-state index contributed by atoms with van der Waals surface area (Å²) in [5.74, 6) is -0.389. The van der Waals surface area contributed by atoms with Crippen molar-refractivity contribution in [1.82, 2.24) is 4.90 Å². The van der Waals surface area contributed by atoms with E-state index in [2.05, 4.69) is 0 Å². The number of Topliss-reactive ketones (excluding diaryl/α,β-unsaturated/α-hetero) is 1. The van der Waals surface area contributed by atoms with Crippen LogP contribution in [0.3, 0.4) is 0 Å². The van der Waals surface area contributed by atoms with Gasteiger partial charge in [0.25, 0.3) is 11.7 Å². The zero-order valence-corrected chi connectivity index (χ0v) is 17.4. The van der Waals surface area contributed by atoms with Crippen LogP contribution < -0.4 is 4.74 Å². The quantitative estimate of drug-likeness (QED) is 0.360. The third-order valence-corrected chi connectivity index (χ3v) is 5.28. The monoisotopic (exact) mass is 417 g/mol. The summed E-state index contributed by atoms with van der Waals surface area (Å²) < 4.78 is 10.8. The second-order valence-electron chi connectivity index (χ2n) is 7.37. The minimum absolute atomic E-state index is 0.0598. The van der Waals surface area contributed by atoms with Gasteiger partial charge in [-0.15, -0.1) is 0 Å². The van der Waals surface area contributed by atoms with Crippen molar-refractivity contribution < 1.29 is 23.8 Å². The molecule has 0 saturated carbocycles. The lowest BCUT2D eigenvalue weighted by Gasteiger charge is -2.24. The van der Waals surface area contributed by atoms with Gasteiger partial charge in [-0.1, -0.05) is 29.8 Å². The van der Waals surface area contributed by atoms with Gasteiger partial charge in [0.15, 0.2) is 0 Å². The maximum Gasteiger partial charge on any atom is 0.296 e. The van der Waals surface area contributed by atoms with E-state index in [1.54, 1.807) is 36.4 Å². The Morgan fingerprint density at radius 3 is 2.39 bits per heavy atom. The van der Waals surface area contributed by atoms with Gasteiger partial charge in [0.2, 0.25) is 0 Å². The highest BCUT2D eigenvalue weighted by molar-refractivity contribution is 6.46. The second kappa shape index (κ2) is 8.52. The molecule has 2 heterocycles. The van der Waals surface area contributed by atoms with Gasteiger partial charge in [0, 0.05) is 5.56 Å². The fourth-order valence-electron chi connectivity index (χ4n) is 3.74. The van der Waals surface area contributed by atoms with Gasteiger partial charge in [0.05, 0.1) is 31.0 Å². The van der Waals surface area contributed by atoms with Crippen LogP contribution in [0.1, 0.15) is 35.4 Å². The van der Waals surface area contributed by atoms with E-state index in [1.807, 2.05) is 38.1 Å². The first kappa shape index (κ1) is 20.5. The van der Waals surface area contributed by atoms with Crippen molar-refractivity contribution in [2.75, 3.05) is 6.61 Å². The Labute approximate surface area is 180 Å². The SMILES string of the molecule is CCOc1ccc(/C(O)=C2\C(=O)C(=O)N(Cc3ccco3)C2c2ccc(C)cc2)cc1. The highest BCUT2D eigenvalue weighted by atomic mass is 16.5. The van der Waals surface area contributed by atoms with Crippen molar-refractivity contribution in [1.29, 1.82) is 0 Å². The van der Waals surface area contributed by atoms with Crippen molar-refractivity contribution in [3.63, 3.8) is 0 Å². The summed E-state index contributed by atoms with van der Waals surface area (Å²) in [5, 5.41) is 11.1. The summed E-state index contributed by atoms with van der Waals surface area (Å²) >= 11 is 0. The molecule has 6 heteroatoms. The fraction of sp³-hybridized carbons (Fsp3) is 0.200. The van der Waals surface area contributed by atoms with E-state index >= 15 is 0 Å². The largest absolute Gasteiger partial charge is 0.507 e. The Hall–Kier alpha value is -3.80. The van der Waals surface area contributed by atoms with E-state index in [4.69, 9.17) is 9.15 Å². The molecule has 1 amide bonds. The lowest BCUT2D eigenvalue weighted by Crippen LogP contribution is -2.29. The standard InChI is InChI=1S/C25H23NO5/c1-3-30-19-12-10-18(11-13-19)23(27)21-22(17-8-6-16(2)7-9-17)26(25(29)24(21)28)15-20-5-4-14-31-20/h4-14,22,27H,3,15H2,1-2H3/b23-21+. The fourth-order valence-corrected chi connectivity index (χ4v) is 3.74. The number of benzene rings is 2. The minimum atomic E-state index is -0.725. The summed E-state index contributed by atoms with van der Waals surface area (Å²) in [6.07, 6.45) is 1.52. The van der Waals surface area contributed by atoms with Crippen LogP contribution in [0.4, 0.5) is 0 Å². The molecule has 1 aliphatic rings. The predicted molar refractivity (Wildman–Crippen MR) is 115 cm³/mol. The first-order valence-electron chi connectivity index (χ1n) is 10.1. The number of carbonyl (C=O) groups is 2. The molecule has 1 fully saturated rings. The summed E-state index contributed by atoms with van der Waals surface area (Å²) in [5.41, 5.74) is 2.29. The van der Waals surface area contributed by atoms with E-state index < -0.39 is 17.7 Å². The average molecular weight is 417 g/mol. The molecule has 4 rings (SSSR count). The molecule has 1 atom stereocenters. The molecule has 158 valence electrons. The molecule has 0 aliphatic carbocycles. The third kappa shape index (κ3) is 3.97. The molecule has 0 spiro atoms. The van der Waals surface area contributed by atoms with Crippen LogP contribution in [0.25, 0.3) is 5.76 Å². The first-order chi connectivity index (χ1) is 15.0. The number of carbonyl (C=O) groups excluding carboxylic acids is 2. The van der Waals surface area contributed by atoms with Crippen LogP contribution in [-0.2, 0) is 16.1 Å². The number of nitrogens with zero attached hydrogens (tertiary/aromatic N) is 1. The van der Waals surface area contributed by atoms with Crippen molar-refractivity contribution >= 4 is 17.4 Å². The molecule has 3 aromatic rings. The van der Waals surface area contributed by atoms with E-state index in [0.29, 0.717) is 23.7 Å². The summed E-state index contributed by atoms with van der Waals surface area (Å²) in [6, 6.07) is 17.1. The van der Waals surface area contributed by atoms with Gasteiger partial charge >= 0.3 is 0 Å². The van der Waals surface area contributed by atoms with E-state index in [9.17, 15) is 14.7 Å². The van der Waals surface area contributed by atoms with Crippen molar-refractivity contribution in [3.8, 4) is 5.75 Å². The number of ether oxygens (including phenoxy) is 1. The van der Waals surface area contributed by atoms with Crippen LogP contribution in [-0.4, -0.2) is 28.3 Å². The molecular formula is C25H23NO5. The molecule has 1 unspecified atom stereocenters. The highest BCUT2D eigenvalue weighted by Gasteiger charge is 2.46. The summed E-state index contributed by atoms with van der Waals surface area (Å²) in [6.45, 7) is 4.49. The van der Waals surface area contributed by atoms with Crippen LogP contribution in [0.5, 0.6) is 5.75 Å². The summed E-state index contributed by atoms with van der Waals surface area (Å²) in [7, 11) is 0. The zero-order valence-electron chi connectivity index (χ0n) is 17.4. The summed E-state index contributed by atoms with van der Waals surface area (Å²) in [4.78, 5) is 27.4. The number of furan rings is 1. The van der Waals surface area contributed by atoms with Gasteiger partial charge in [-0.2, -0.15) is 0 Å². The Balaban J connectivity index is 1.81. The molecule has 31 heavy (non-hydrogen) atoms.